The highest BCUT2D eigenvalue weighted by Gasteiger charge is 2.57. The van der Waals surface area contributed by atoms with Crippen LogP contribution in [0, 0.1) is 0 Å². The summed E-state index contributed by atoms with van der Waals surface area (Å²) in [6.07, 6.45) is -4.91. The molecular formula is C10H9BrF3NO2. The van der Waals surface area contributed by atoms with Gasteiger partial charge in [-0.2, -0.15) is 13.2 Å². The van der Waals surface area contributed by atoms with Crippen LogP contribution in [0.5, 0.6) is 0 Å². The first kappa shape index (κ1) is 13.8. The molecule has 0 heterocycles. The van der Waals surface area contributed by atoms with E-state index in [1.165, 1.54) is 18.2 Å². The average molecular weight is 312 g/mol. The molecule has 1 rings (SSSR count). The van der Waals surface area contributed by atoms with Crippen molar-refractivity contribution in [2.45, 2.75) is 18.6 Å². The summed E-state index contributed by atoms with van der Waals surface area (Å²) in [5.74, 6) is -1.99. The lowest BCUT2D eigenvalue weighted by molar-refractivity contribution is -0.192. The van der Waals surface area contributed by atoms with Gasteiger partial charge < -0.3 is 10.4 Å². The van der Waals surface area contributed by atoms with E-state index in [1.54, 1.807) is 6.07 Å². The SMILES string of the molecule is CC(Nc1ccccc1Br)(C(=O)O)C(F)(F)F. The topological polar surface area (TPSA) is 49.3 Å². The van der Waals surface area contributed by atoms with E-state index in [-0.39, 0.29) is 5.69 Å². The maximum Gasteiger partial charge on any atom is 0.422 e. The summed E-state index contributed by atoms with van der Waals surface area (Å²) in [6, 6.07) is 5.99. The van der Waals surface area contributed by atoms with Crippen LogP contribution in [-0.4, -0.2) is 22.8 Å². The monoisotopic (exact) mass is 311 g/mol. The van der Waals surface area contributed by atoms with Gasteiger partial charge in [0.2, 0.25) is 5.54 Å². The molecule has 0 bridgehead atoms. The number of carboxylic acid groups (broad SMARTS) is 1. The third kappa shape index (κ3) is 2.71. The number of hydrogen-bond acceptors (Lipinski definition) is 2. The number of nitrogens with one attached hydrogen (secondary N) is 1. The van der Waals surface area contributed by atoms with Crippen LogP contribution >= 0.6 is 15.9 Å². The smallest absolute Gasteiger partial charge is 0.422 e. The molecule has 2 N–H and O–H groups in total. The van der Waals surface area contributed by atoms with E-state index in [1.807, 2.05) is 5.32 Å². The van der Waals surface area contributed by atoms with E-state index in [9.17, 15) is 18.0 Å². The zero-order valence-corrected chi connectivity index (χ0v) is 10.3. The van der Waals surface area contributed by atoms with E-state index in [0.717, 1.165) is 0 Å². The van der Waals surface area contributed by atoms with Crippen LogP contribution in [0.25, 0.3) is 0 Å². The zero-order valence-electron chi connectivity index (χ0n) is 8.68. The molecule has 7 heteroatoms. The number of anilines is 1. The van der Waals surface area contributed by atoms with Crippen molar-refractivity contribution >= 4 is 27.6 Å². The Kier molecular flexibility index (Phi) is 3.71. The van der Waals surface area contributed by atoms with Gasteiger partial charge in [-0.3, -0.25) is 0 Å². The van der Waals surface area contributed by atoms with Crippen molar-refractivity contribution in [2.75, 3.05) is 5.32 Å². The van der Waals surface area contributed by atoms with Gasteiger partial charge in [0.05, 0.1) is 0 Å². The van der Waals surface area contributed by atoms with Crippen LogP contribution in [0.2, 0.25) is 0 Å². The van der Waals surface area contributed by atoms with Crippen LogP contribution in [0.1, 0.15) is 6.92 Å². The minimum absolute atomic E-state index is 0.0646. The molecule has 1 atom stereocenters. The van der Waals surface area contributed by atoms with Crippen LogP contribution in [-0.2, 0) is 4.79 Å². The molecule has 0 spiro atoms. The second kappa shape index (κ2) is 4.56. The molecule has 1 unspecified atom stereocenters. The number of alkyl halides is 3. The summed E-state index contributed by atoms with van der Waals surface area (Å²) in [5, 5.41) is 10.7. The molecule has 0 aliphatic heterocycles. The van der Waals surface area contributed by atoms with Gasteiger partial charge in [0.1, 0.15) is 0 Å². The predicted molar refractivity (Wildman–Crippen MR) is 59.9 cm³/mol. The van der Waals surface area contributed by atoms with Crippen molar-refractivity contribution in [3.05, 3.63) is 28.7 Å². The summed E-state index contributed by atoms with van der Waals surface area (Å²) in [4.78, 5) is 10.8. The summed E-state index contributed by atoms with van der Waals surface area (Å²) in [7, 11) is 0. The number of rotatable bonds is 3. The normalized spacial score (nSPS) is 15.1. The zero-order chi connectivity index (χ0) is 13.3. The van der Waals surface area contributed by atoms with Crippen molar-refractivity contribution in [1.29, 1.82) is 0 Å². The van der Waals surface area contributed by atoms with Crippen LogP contribution in [0.3, 0.4) is 0 Å². The summed E-state index contributed by atoms with van der Waals surface area (Å²) in [5.41, 5.74) is -2.97. The van der Waals surface area contributed by atoms with E-state index < -0.39 is 17.7 Å². The fraction of sp³-hybridized carbons (Fsp3) is 0.300. The molecule has 0 aliphatic rings. The molecule has 1 aromatic rings. The molecule has 0 saturated carbocycles. The number of hydrogen-bond donors (Lipinski definition) is 2. The second-order valence-corrected chi connectivity index (χ2v) is 4.39. The van der Waals surface area contributed by atoms with Crippen LogP contribution in [0.4, 0.5) is 18.9 Å². The first-order chi connectivity index (χ1) is 7.68. The van der Waals surface area contributed by atoms with Crippen LogP contribution < -0.4 is 5.32 Å². The lowest BCUT2D eigenvalue weighted by atomic mass is 10.0. The predicted octanol–water partition coefficient (Wildman–Crippen LogP) is 3.27. The molecule has 17 heavy (non-hydrogen) atoms. The van der Waals surface area contributed by atoms with E-state index in [2.05, 4.69) is 15.9 Å². The van der Waals surface area contributed by atoms with Gasteiger partial charge in [0, 0.05) is 10.2 Å². The molecule has 0 aliphatic carbocycles. The Balaban J connectivity index is 3.13. The van der Waals surface area contributed by atoms with Gasteiger partial charge in [0.25, 0.3) is 0 Å². The fourth-order valence-corrected chi connectivity index (χ4v) is 1.46. The average Bonchev–Trinajstić information content (AvgIpc) is 2.19. The largest absolute Gasteiger partial charge is 0.479 e. The highest BCUT2D eigenvalue weighted by molar-refractivity contribution is 9.10. The number of benzene rings is 1. The van der Waals surface area contributed by atoms with Gasteiger partial charge in [-0.15, -0.1) is 0 Å². The van der Waals surface area contributed by atoms with Gasteiger partial charge in [-0.05, 0) is 35.0 Å². The minimum Gasteiger partial charge on any atom is -0.479 e. The number of carbonyl (C=O) groups is 1. The maximum atomic E-state index is 12.7. The van der Waals surface area contributed by atoms with Crippen molar-refractivity contribution < 1.29 is 23.1 Å². The molecule has 0 amide bonds. The summed E-state index contributed by atoms with van der Waals surface area (Å²) >= 11 is 3.04. The number of carboxylic acids is 1. The van der Waals surface area contributed by atoms with Gasteiger partial charge in [-0.1, -0.05) is 12.1 Å². The van der Waals surface area contributed by atoms with Crippen molar-refractivity contribution in [2.24, 2.45) is 0 Å². The molecule has 0 fully saturated rings. The lowest BCUT2D eigenvalue weighted by Gasteiger charge is -2.30. The minimum atomic E-state index is -4.91. The molecule has 1 aromatic carbocycles. The third-order valence-electron chi connectivity index (χ3n) is 2.25. The molecule has 0 radical (unpaired) electrons. The lowest BCUT2D eigenvalue weighted by Crippen LogP contribution is -2.55. The Morgan fingerprint density at radius 3 is 2.29 bits per heavy atom. The van der Waals surface area contributed by atoms with Crippen molar-refractivity contribution in [1.82, 2.24) is 0 Å². The third-order valence-corrected chi connectivity index (χ3v) is 2.94. The Labute approximate surface area is 104 Å². The fourth-order valence-electron chi connectivity index (χ4n) is 1.08. The summed E-state index contributed by atoms with van der Waals surface area (Å²) in [6.45, 7) is 0.578. The van der Waals surface area contributed by atoms with Gasteiger partial charge >= 0.3 is 12.1 Å². The van der Waals surface area contributed by atoms with Crippen molar-refractivity contribution in [3.8, 4) is 0 Å². The quantitative estimate of drug-likeness (QED) is 0.900. The number of aliphatic carboxylic acids is 1. The Hall–Kier alpha value is -1.24. The van der Waals surface area contributed by atoms with E-state index in [4.69, 9.17) is 5.11 Å². The molecule has 3 nitrogen and oxygen atoms in total. The first-order valence-corrected chi connectivity index (χ1v) is 5.30. The van der Waals surface area contributed by atoms with E-state index >= 15 is 0 Å². The molecule has 0 aromatic heterocycles. The standard InChI is InChI=1S/C10H9BrF3NO2/c1-9(8(16)17,10(12,13)14)15-7-5-3-2-4-6(7)11/h2-5,15H,1H3,(H,16,17). The Morgan fingerprint density at radius 1 is 1.35 bits per heavy atom. The van der Waals surface area contributed by atoms with E-state index in [0.29, 0.717) is 11.4 Å². The summed E-state index contributed by atoms with van der Waals surface area (Å²) < 4.78 is 38.5. The molecule has 0 saturated heterocycles. The highest BCUT2D eigenvalue weighted by Crippen LogP contribution is 2.35. The molecule has 94 valence electrons. The number of halogens is 4. The van der Waals surface area contributed by atoms with Gasteiger partial charge in [-0.25, -0.2) is 4.79 Å². The molecular weight excluding hydrogens is 303 g/mol. The van der Waals surface area contributed by atoms with Crippen LogP contribution in [0.15, 0.2) is 28.7 Å². The van der Waals surface area contributed by atoms with Gasteiger partial charge in [0.15, 0.2) is 0 Å². The Bertz CT molecular complexity index is 436. The Morgan fingerprint density at radius 2 is 1.88 bits per heavy atom. The van der Waals surface area contributed by atoms with Crippen molar-refractivity contribution in [3.63, 3.8) is 0 Å². The maximum absolute atomic E-state index is 12.7. The highest BCUT2D eigenvalue weighted by atomic mass is 79.9. The first-order valence-electron chi connectivity index (χ1n) is 4.51. The number of para-hydroxylation sites is 1. The second-order valence-electron chi connectivity index (χ2n) is 3.53.